The Morgan fingerprint density at radius 1 is 1.17 bits per heavy atom. The van der Waals surface area contributed by atoms with E-state index in [0.29, 0.717) is 29.8 Å². The van der Waals surface area contributed by atoms with Gasteiger partial charge in [-0.2, -0.15) is 0 Å². The highest BCUT2D eigenvalue weighted by atomic mass is 35.5. The second-order valence-corrected chi connectivity index (χ2v) is 8.46. The van der Waals surface area contributed by atoms with Gasteiger partial charge in [-0.1, -0.05) is 66.5 Å². The van der Waals surface area contributed by atoms with Crippen molar-refractivity contribution in [3.8, 4) is 0 Å². The van der Waals surface area contributed by atoms with E-state index in [2.05, 4.69) is 17.1 Å². The fourth-order valence-electron chi connectivity index (χ4n) is 4.00. The molecule has 1 atom stereocenters. The molecule has 1 fully saturated rings. The molecule has 3 rings (SSSR count). The molecule has 1 heterocycles. The number of benzene rings is 2. The van der Waals surface area contributed by atoms with Gasteiger partial charge in [-0.25, -0.2) is 0 Å². The van der Waals surface area contributed by atoms with Crippen molar-refractivity contribution in [2.75, 3.05) is 33.4 Å². The molecular weight excluding hydrogens is 407 g/mol. The lowest BCUT2D eigenvalue weighted by Crippen LogP contribution is -2.47. The highest BCUT2D eigenvalue weighted by Crippen LogP contribution is 2.39. The van der Waals surface area contributed by atoms with Gasteiger partial charge >= 0.3 is 0 Å². The average Bonchev–Trinajstić information content (AvgIpc) is 2.73. The quantitative estimate of drug-likeness (QED) is 0.676. The maximum atomic E-state index is 13.3. The first-order valence-corrected chi connectivity index (χ1v) is 10.8. The Kier molecular flexibility index (Phi) is 7.58. The lowest BCUT2D eigenvalue weighted by atomic mass is 9.74. The summed E-state index contributed by atoms with van der Waals surface area (Å²) in [6, 6.07) is 15.2. The fourth-order valence-corrected chi connectivity index (χ4v) is 4.61. The van der Waals surface area contributed by atoms with Gasteiger partial charge in [0.1, 0.15) is 6.04 Å². The first kappa shape index (κ1) is 22.1. The van der Waals surface area contributed by atoms with Gasteiger partial charge < -0.3 is 10.1 Å². The third kappa shape index (κ3) is 5.13. The number of ether oxygens (including phenoxy) is 1. The van der Waals surface area contributed by atoms with E-state index >= 15 is 0 Å². The van der Waals surface area contributed by atoms with Crippen LogP contribution >= 0.6 is 23.2 Å². The molecular formula is C23H28Cl2N2O2. The minimum Gasteiger partial charge on any atom is -0.381 e. The van der Waals surface area contributed by atoms with Crippen LogP contribution in [0.5, 0.6) is 0 Å². The van der Waals surface area contributed by atoms with Gasteiger partial charge in [0, 0.05) is 35.2 Å². The van der Waals surface area contributed by atoms with Gasteiger partial charge in [-0.05, 0) is 49.7 Å². The maximum Gasteiger partial charge on any atom is 0.241 e. The molecule has 0 saturated carbocycles. The molecule has 0 aliphatic carbocycles. The number of hydrogen-bond donors (Lipinski definition) is 1. The summed E-state index contributed by atoms with van der Waals surface area (Å²) in [6.07, 6.45) is 1.60. The smallest absolute Gasteiger partial charge is 0.241 e. The molecule has 2 aromatic rings. The van der Waals surface area contributed by atoms with Gasteiger partial charge in [-0.3, -0.25) is 9.69 Å². The molecule has 0 radical (unpaired) electrons. The minimum atomic E-state index is -0.334. The Hall–Kier alpha value is -1.59. The Morgan fingerprint density at radius 2 is 1.86 bits per heavy atom. The predicted molar refractivity (Wildman–Crippen MR) is 119 cm³/mol. The van der Waals surface area contributed by atoms with Crippen molar-refractivity contribution >= 4 is 29.1 Å². The molecule has 1 aliphatic heterocycles. The van der Waals surface area contributed by atoms with Crippen LogP contribution in [-0.2, 0) is 14.9 Å². The van der Waals surface area contributed by atoms with Crippen LogP contribution in [0.3, 0.4) is 0 Å². The molecule has 0 aromatic heterocycles. The molecule has 156 valence electrons. The molecule has 4 nitrogen and oxygen atoms in total. The summed E-state index contributed by atoms with van der Waals surface area (Å²) in [7, 11) is 1.97. The van der Waals surface area contributed by atoms with E-state index in [1.165, 1.54) is 0 Å². The van der Waals surface area contributed by atoms with E-state index in [1.807, 2.05) is 49.5 Å². The first-order valence-electron chi connectivity index (χ1n) is 10.0. The van der Waals surface area contributed by atoms with Crippen molar-refractivity contribution in [2.45, 2.75) is 31.2 Å². The van der Waals surface area contributed by atoms with Crippen LogP contribution in [0.4, 0.5) is 0 Å². The van der Waals surface area contributed by atoms with E-state index < -0.39 is 0 Å². The molecule has 29 heavy (non-hydrogen) atoms. The van der Waals surface area contributed by atoms with Crippen LogP contribution in [0.25, 0.3) is 0 Å². The molecule has 0 bridgehead atoms. The highest BCUT2D eigenvalue weighted by molar-refractivity contribution is 6.35. The monoisotopic (exact) mass is 434 g/mol. The number of halogens is 2. The van der Waals surface area contributed by atoms with Gasteiger partial charge in [0.15, 0.2) is 0 Å². The molecule has 1 aliphatic rings. The second-order valence-electron chi connectivity index (χ2n) is 7.62. The normalized spacial score (nSPS) is 17.1. The van der Waals surface area contributed by atoms with Crippen LogP contribution in [0.1, 0.15) is 36.9 Å². The zero-order valence-electron chi connectivity index (χ0n) is 17.0. The lowest BCUT2D eigenvalue weighted by molar-refractivity contribution is -0.126. The van der Waals surface area contributed by atoms with Crippen LogP contribution in [-0.4, -0.2) is 44.2 Å². The SMILES string of the molecule is CCN(C)C(C(=O)NCC1(c2ccc(Cl)cc2Cl)CCOCC1)c1ccccc1. The van der Waals surface area contributed by atoms with Crippen molar-refractivity contribution in [1.29, 1.82) is 0 Å². The molecule has 2 aromatic carbocycles. The minimum absolute atomic E-state index is 0.00324. The van der Waals surface area contributed by atoms with Gasteiger partial charge in [0.25, 0.3) is 0 Å². The van der Waals surface area contributed by atoms with E-state index in [0.717, 1.165) is 30.5 Å². The Labute approximate surface area is 183 Å². The Balaban J connectivity index is 1.84. The van der Waals surface area contributed by atoms with E-state index in [1.54, 1.807) is 6.07 Å². The number of hydrogen-bond acceptors (Lipinski definition) is 3. The van der Waals surface area contributed by atoms with Crippen molar-refractivity contribution in [3.05, 3.63) is 69.7 Å². The molecule has 1 N–H and O–H groups in total. The third-order valence-corrected chi connectivity index (χ3v) is 6.40. The van der Waals surface area contributed by atoms with E-state index in [9.17, 15) is 4.79 Å². The van der Waals surface area contributed by atoms with Crippen LogP contribution in [0, 0.1) is 0 Å². The molecule has 1 unspecified atom stereocenters. The van der Waals surface area contributed by atoms with Crippen molar-refractivity contribution in [2.24, 2.45) is 0 Å². The average molecular weight is 435 g/mol. The zero-order valence-corrected chi connectivity index (χ0v) is 18.5. The number of carbonyl (C=O) groups is 1. The summed E-state index contributed by atoms with van der Waals surface area (Å²) in [5.74, 6) is -0.00324. The Bertz CT molecular complexity index is 823. The second kappa shape index (κ2) is 9.94. The van der Waals surface area contributed by atoms with Crippen molar-refractivity contribution < 1.29 is 9.53 Å². The van der Waals surface area contributed by atoms with Crippen LogP contribution in [0.15, 0.2) is 48.5 Å². The predicted octanol–water partition coefficient (Wildman–Crippen LogP) is 4.85. The largest absolute Gasteiger partial charge is 0.381 e. The summed E-state index contributed by atoms with van der Waals surface area (Å²) in [4.78, 5) is 15.3. The first-order chi connectivity index (χ1) is 14.0. The van der Waals surface area contributed by atoms with E-state index in [-0.39, 0.29) is 17.4 Å². The summed E-state index contributed by atoms with van der Waals surface area (Å²) in [6.45, 7) is 4.63. The van der Waals surface area contributed by atoms with Gasteiger partial charge in [0.05, 0.1) is 0 Å². The lowest BCUT2D eigenvalue weighted by Gasteiger charge is -2.39. The fraction of sp³-hybridized carbons (Fsp3) is 0.435. The van der Waals surface area contributed by atoms with Crippen LogP contribution in [0.2, 0.25) is 10.0 Å². The zero-order chi connectivity index (χ0) is 20.9. The molecule has 0 spiro atoms. The van der Waals surface area contributed by atoms with Gasteiger partial charge in [0.2, 0.25) is 5.91 Å². The van der Waals surface area contributed by atoms with Gasteiger partial charge in [-0.15, -0.1) is 0 Å². The summed E-state index contributed by atoms with van der Waals surface area (Å²) < 4.78 is 5.60. The number of nitrogens with zero attached hydrogens (tertiary/aromatic N) is 1. The number of carbonyl (C=O) groups excluding carboxylic acids is 1. The standard InChI is InChI=1S/C23H28Cl2N2O2/c1-3-27(2)21(17-7-5-4-6-8-17)22(28)26-16-23(11-13-29-14-12-23)19-10-9-18(24)15-20(19)25/h4-10,15,21H,3,11-14,16H2,1-2H3,(H,26,28). The van der Waals surface area contributed by atoms with Crippen LogP contribution < -0.4 is 5.32 Å². The van der Waals surface area contributed by atoms with Crippen molar-refractivity contribution in [3.63, 3.8) is 0 Å². The summed E-state index contributed by atoms with van der Waals surface area (Å²) in [5.41, 5.74) is 1.74. The molecule has 1 amide bonds. The summed E-state index contributed by atoms with van der Waals surface area (Å²) in [5, 5.41) is 4.47. The van der Waals surface area contributed by atoms with Crippen molar-refractivity contribution in [1.82, 2.24) is 10.2 Å². The number of rotatable bonds is 7. The number of amides is 1. The summed E-state index contributed by atoms with van der Waals surface area (Å²) >= 11 is 12.7. The third-order valence-electron chi connectivity index (χ3n) is 5.86. The molecule has 6 heteroatoms. The Morgan fingerprint density at radius 3 is 2.48 bits per heavy atom. The number of likely N-dealkylation sites (N-methyl/N-ethyl adjacent to an activating group) is 1. The topological polar surface area (TPSA) is 41.6 Å². The molecule has 1 saturated heterocycles. The van der Waals surface area contributed by atoms with E-state index in [4.69, 9.17) is 27.9 Å². The maximum absolute atomic E-state index is 13.3. The number of nitrogens with one attached hydrogen (secondary N) is 1. The highest BCUT2D eigenvalue weighted by Gasteiger charge is 2.37.